The first kappa shape index (κ1) is 15.1. The summed E-state index contributed by atoms with van der Waals surface area (Å²) in [7, 11) is 0. The van der Waals surface area contributed by atoms with Crippen LogP contribution in [-0.4, -0.2) is 17.7 Å². The van der Waals surface area contributed by atoms with Crippen LogP contribution < -0.4 is 11.1 Å². The SMILES string of the molecule is CC(C)n1c2ccccc2c2cc(CNCCCN)ccc21. The van der Waals surface area contributed by atoms with E-state index in [2.05, 4.69) is 66.2 Å². The quantitative estimate of drug-likeness (QED) is 0.679. The second-order valence-corrected chi connectivity index (χ2v) is 6.15. The summed E-state index contributed by atoms with van der Waals surface area (Å²) in [6.45, 7) is 7.11. The highest BCUT2D eigenvalue weighted by atomic mass is 15.0. The monoisotopic (exact) mass is 295 g/mol. The largest absolute Gasteiger partial charge is 0.338 e. The summed E-state index contributed by atoms with van der Waals surface area (Å²) < 4.78 is 2.43. The number of fused-ring (bicyclic) bond motifs is 3. The minimum Gasteiger partial charge on any atom is -0.338 e. The van der Waals surface area contributed by atoms with Gasteiger partial charge in [-0.3, -0.25) is 0 Å². The third kappa shape index (κ3) is 2.74. The van der Waals surface area contributed by atoms with Gasteiger partial charge in [0.05, 0.1) is 0 Å². The van der Waals surface area contributed by atoms with Crippen LogP contribution in [-0.2, 0) is 6.54 Å². The predicted molar refractivity (Wildman–Crippen MR) is 95.2 cm³/mol. The van der Waals surface area contributed by atoms with Crippen LogP contribution in [0.2, 0.25) is 0 Å². The minimum atomic E-state index is 0.455. The number of aromatic nitrogens is 1. The van der Waals surface area contributed by atoms with E-state index >= 15 is 0 Å². The topological polar surface area (TPSA) is 43.0 Å². The van der Waals surface area contributed by atoms with Gasteiger partial charge in [-0.1, -0.05) is 24.3 Å². The van der Waals surface area contributed by atoms with Crippen LogP contribution >= 0.6 is 0 Å². The normalized spacial score (nSPS) is 11.8. The highest BCUT2D eigenvalue weighted by Gasteiger charge is 2.12. The van der Waals surface area contributed by atoms with Gasteiger partial charge in [-0.25, -0.2) is 0 Å². The Balaban J connectivity index is 2.02. The molecule has 0 radical (unpaired) electrons. The van der Waals surface area contributed by atoms with Crippen LogP contribution in [0.15, 0.2) is 42.5 Å². The molecule has 0 bridgehead atoms. The van der Waals surface area contributed by atoms with E-state index in [1.54, 1.807) is 0 Å². The summed E-state index contributed by atoms with van der Waals surface area (Å²) in [6, 6.07) is 16.0. The van der Waals surface area contributed by atoms with Gasteiger partial charge in [-0.05, 0) is 57.1 Å². The lowest BCUT2D eigenvalue weighted by Gasteiger charge is -2.11. The fraction of sp³-hybridized carbons (Fsp3) is 0.368. The zero-order valence-electron chi connectivity index (χ0n) is 13.5. The number of hydrogen-bond donors (Lipinski definition) is 2. The van der Waals surface area contributed by atoms with Crippen LogP contribution in [0.4, 0.5) is 0 Å². The summed E-state index contributed by atoms with van der Waals surface area (Å²) in [5.41, 5.74) is 9.50. The highest BCUT2D eigenvalue weighted by molar-refractivity contribution is 6.08. The number of benzene rings is 2. The third-order valence-corrected chi connectivity index (χ3v) is 4.18. The Kier molecular flexibility index (Phi) is 4.46. The number of nitrogens with zero attached hydrogens (tertiary/aromatic N) is 1. The Labute approximate surface area is 132 Å². The van der Waals surface area contributed by atoms with Gasteiger partial charge in [-0.2, -0.15) is 0 Å². The first-order valence-corrected chi connectivity index (χ1v) is 8.14. The molecule has 3 rings (SSSR count). The summed E-state index contributed by atoms with van der Waals surface area (Å²) in [6.07, 6.45) is 1.02. The molecule has 0 fully saturated rings. The van der Waals surface area contributed by atoms with E-state index in [9.17, 15) is 0 Å². The molecule has 0 atom stereocenters. The van der Waals surface area contributed by atoms with Crippen molar-refractivity contribution >= 4 is 21.8 Å². The molecular weight excluding hydrogens is 270 g/mol. The molecular formula is C19H25N3. The zero-order valence-corrected chi connectivity index (χ0v) is 13.5. The Hall–Kier alpha value is -1.84. The predicted octanol–water partition coefficient (Wildman–Crippen LogP) is 3.81. The van der Waals surface area contributed by atoms with Crippen molar-refractivity contribution in [2.24, 2.45) is 5.73 Å². The molecule has 3 aromatic rings. The average molecular weight is 295 g/mol. The summed E-state index contributed by atoms with van der Waals surface area (Å²) in [5, 5.41) is 6.15. The first-order valence-electron chi connectivity index (χ1n) is 8.14. The Morgan fingerprint density at radius 1 is 1.05 bits per heavy atom. The van der Waals surface area contributed by atoms with Crippen molar-refractivity contribution in [3.8, 4) is 0 Å². The number of hydrogen-bond acceptors (Lipinski definition) is 2. The van der Waals surface area contributed by atoms with E-state index in [0.29, 0.717) is 6.04 Å². The van der Waals surface area contributed by atoms with E-state index in [-0.39, 0.29) is 0 Å². The molecule has 0 aliphatic heterocycles. The molecule has 0 saturated heterocycles. The molecule has 22 heavy (non-hydrogen) atoms. The van der Waals surface area contributed by atoms with Crippen LogP contribution in [0.1, 0.15) is 31.9 Å². The maximum atomic E-state index is 5.53. The second kappa shape index (κ2) is 6.51. The molecule has 3 N–H and O–H groups in total. The molecule has 0 saturated carbocycles. The molecule has 116 valence electrons. The molecule has 0 amide bonds. The fourth-order valence-electron chi connectivity index (χ4n) is 3.18. The smallest absolute Gasteiger partial charge is 0.0494 e. The van der Waals surface area contributed by atoms with E-state index in [1.807, 2.05) is 0 Å². The molecule has 1 heterocycles. The number of nitrogens with one attached hydrogen (secondary N) is 1. The van der Waals surface area contributed by atoms with Gasteiger partial charge in [0.25, 0.3) is 0 Å². The zero-order chi connectivity index (χ0) is 15.5. The highest BCUT2D eigenvalue weighted by Crippen LogP contribution is 2.32. The lowest BCUT2D eigenvalue weighted by Crippen LogP contribution is -2.17. The van der Waals surface area contributed by atoms with Crippen LogP contribution in [0.3, 0.4) is 0 Å². The van der Waals surface area contributed by atoms with Crippen LogP contribution in [0.5, 0.6) is 0 Å². The second-order valence-electron chi connectivity index (χ2n) is 6.15. The van der Waals surface area contributed by atoms with Crippen molar-refractivity contribution in [1.82, 2.24) is 9.88 Å². The molecule has 0 unspecified atom stereocenters. The molecule has 1 aromatic heterocycles. The third-order valence-electron chi connectivity index (χ3n) is 4.18. The molecule has 3 nitrogen and oxygen atoms in total. The van der Waals surface area contributed by atoms with Gasteiger partial charge in [0.2, 0.25) is 0 Å². The fourth-order valence-corrected chi connectivity index (χ4v) is 3.18. The minimum absolute atomic E-state index is 0.455. The lowest BCUT2D eigenvalue weighted by molar-refractivity contribution is 0.641. The molecule has 2 aromatic carbocycles. The van der Waals surface area contributed by atoms with Gasteiger partial charge in [0, 0.05) is 34.4 Å². The maximum Gasteiger partial charge on any atom is 0.0494 e. The van der Waals surface area contributed by atoms with Crippen molar-refractivity contribution < 1.29 is 0 Å². The standard InChI is InChI=1S/C19H25N3/c1-14(2)22-18-7-4-3-6-16(18)17-12-15(8-9-19(17)22)13-21-11-5-10-20/h3-4,6-9,12,14,21H,5,10-11,13,20H2,1-2H3. The summed E-state index contributed by atoms with van der Waals surface area (Å²) in [4.78, 5) is 0. The molecule has 3 heteroatoms. The average Bonchev–Trinajstić information content (AvgIpc) is 2.85. The summed E-state index contributed by atoms with van der Waals surface area (Å²) in [5.74, 6) is 0. The number of para-hydroxylation sites is 1. The van der Waals surface area contributed by atoms with E-state index in [0.717, 1.165) is 26.1 Å². The van der Waals surface area contributed by atoms with Gasteiger partial charge in [-0.15, -0.1) is 0 Å². The van der Waals surface area contributed by atoms with Gasteiger partial charge < -0.3 is 15.6 Å². The van der Waals surface area contributed by atoms with Crippen molar-refractivity contribution in [1.29, 1.82) is 0 Å². The Morgan fingerprint density at radius 2 is 1.82 bits per heavy atom. The van der Waals surface area contributed by atoms with E-state index < -0.39 is 0 Å². The molecule has 0 spiro atoms. The summed E-state index contributed by atoms with van der Waals surface area (Å²) >= 11 is 0. The maximum absolute atomic E-state index is 5.53. The van der Waals surface area contributed by atoms with Crippen LogP contribution in [0.25, 0.3) is 21.8 Å². The van der Waals surface area contributed by atoms with E-state index in [1.165, 1.54) is 27.4 Å². The van der Waals surface area contributed by atoms with Crippen molar-refractivity contribution in [3.05, 3.63) is 48.0 Å². The lowest BCUT2D eigenvalue weighted by atomic mass is 10.1. The Bertz CT molecular complexity index is 771. The first-order chi connectivity index (χ1) is 10.7. The molecule has 0 aliphatic rings. The van der Waals surface area contributed by atoms with Gasteiger partial charge in [0.15, 0.2) is 0 Å². The van der Waals surface area contributed by atoms with Gasteiger partial charge >= 0.3 is 0 Å². The van der Waals surface area contributed by atoms with Crippen molar-refractivity contribution in [2.75, 3.05) is 13.1 Å². The van der Waals surface area contributed by atoms with Crippen LogP contribution in [0, 0.1) is 0 Å². The molecule has 0 aliphatic carbocycles. The Morgan fingerprint density at radius 3 is 2.59 bits per heavy atom. The number of nitrogens with two attached hydrogens (primary N) is 1. The van der Waals surface area contributed by atoms with Crippen molar-refractivity contribution in [3.63, 3.8) is 0 Å². The number of rotatable bonds is 6. The van der Waals surface area contributed by atoms with E-state index in [4.69, 9.17) is 5.73 Å². The van der Waals surface area contributed by atoms with Crippen molar-refractivity contribution in [2.45, 2.75) is 32.9 Å². The van der Waals surface area contributed by atoms with Gasteiger partial charge in [0.1, 0.15) is 0 Å².